The van der Waals surface area contributed by atoms with E-state index in [9.17, 15) is 9.90 Å². The van der Waals surface area contributed by atoms with Crippen LogP contribution in [0.1, 0.15) is 46.6 Å². The van der Waals surface area contributed by atoms with E-state index in [0.29, 0.717) is 30.3 Å². The highest BCUT2D eigenvalue weighted by molar-refractivity contribution is 5.97. The Balaban J connectivity index is 1.70. The number of hydrogen-bond acceptors (Lipinski definition) is 5. The highest BCUT2D eigenvalue weighted by Gasteiger charge is 2.32. The molecular formula is C19H24N2O4. The number of benzene rings is 1. The Morgan fingerprint density at radius 1 is 1.40 bits per heavy atom. The van der Waals surface area contributed by atoms with E-state index in [0.717, 1.165) is 29.9 Å². The number of nitrogens with zero attached hydrogens (tertiary/aromatic N) is 1. The summed E-state index contributed by atoms with van der Waals surface area (Å²) in [6.45, 7) is 4.08. The molecule has 1 unspecified atom stereocenters. The molecule has 25 heavy (non-hydrogen) atoms. The number of ether oxygens (including phenoxy) is 1. The predicted molar refractivity (Wildman–Crippen MR) is 92.4 cm³/mol. The normalized spacial score (nSPS) is 15.0. The lowest BCUT2D eigenvalue weighted by Crippen LogP contribution is -2.37. The van der Waals surface area contributed by atoms with Crippen LogP contribution in [-0.4, -0.2) is 28.8 Å². The number of aliphatic hydroxyl groups excluding tert-OH is 1. The molecule has 2 N–H and O–H groups in total. The number of para-hydroxylation sites is 1. The maximum Gasteiger partial charge on any atom is 0.255 e. The van der Waals surface area contributed by atoms with Gasteiger partial charge in [0.1, 0.15) is 18.1 Å². The zero-order valence-electron chi connectivity index (χ0n) is 14.6. The molecule has 1 atom stereocenters. The highest BCUT2D eigenvalue weighted by Crippen LogP contribution is 2.34. The van der Waals surface area contributed by atoms with Crippen molar-refractivity contribution >= 4 is 5.91 Å². The molecule has 0 saturated heterocycles. The van der Waals surface area contributed by atoms with Crippen molar-refractivity contribution in [2.45, 2.75) is 45.8 Å². The Morgan fingerprint density at radius 3 is 2.80 bits per heavy atom. The van der Waals surface area contributed by atoms with Crippen LogP contribution >= 0.6 is 0 Å². The molecule has 6 nitrogen and oxygen atoms in total. The van der Waals surface area contributed by atoms with E-state index in [1.165, 1.54) is 0 Å². The van der Waals surface area contributed by atoms with Crippen LogP contribution in [0.3, 0.4) is 0 Å². The average molecular weight is 344 g/mol. The van der Waals surface area contributed by atoms with Crippen LogP contribution in [0.25, 0.3) is 0 Å². The van der Waals surface area contributed by atoms with Gasteiger partial charge in [0.15, 0.2) is 0 Å². The summed E-state index contributed by atoms with van der Waals surface area (Å²) < 4.78 is 11.0. The third kappa shape index (κ3) is 4.20. The number of amides is 1. The molecule has 0 aliphatic heterocycles. The van der Waals surface area contributed by atoms with Crippen molar-refractivity contribution in [3.05, 3.63) is 46.8 Å². The van der Waals surface area contributed by atoms with Gasteiger partial charge in [-0.2, -0.15) is 0 Å². The number of rotatable bonds is 8. The number of hydrogen-bond donors (Lipinski definition) is 2. The van der Waals surface area contributed by atoms with Gasteiger partial charge in [-0.05, 0) is 51.2 Å². The van der Waals surface area contributed by atoms with Crippen molar-refractivity contribution in [2.75, 3.05) is 6.61 Å². The molecule has 1 amide bonds. The molecule has 6 heteroatoms. The summed E-state index contributed by atoms with van der Waals surface area (Å²) >= 11 is 0. The first-order valence-electron chi connectivity index (χ1n) is 8.65. The fraction of sp³-hybridized carbons (Fsp3) is 0.474. The third-order valence-corrected chi connectivity index (χ3v) is 4.63. The molecule has 134 valence electrons. The van der Waals surface area contributed by atoms with E-state index in [1.807, 2.05) is 26.0 Å². The fourth-order valence-corrected chi connectivity index (χ4v) is 2.95. The number of aryl methyl sites for hydroxylation is 2. The minimum absolute atomic E-state index is 0.0214. The second-order valence-corrected chi connectivity index (χ2v) is 6.52. The SMILES string of the molecule is Cc1noc(C)c1COc1ccccc1C(=O)NC(CCO)C1CC1. The smallest absolute Gasteiger partial charge is 0.255 e. The van der Waals surface area contributed by atoms with Crippen molar-refractivity contribution in [3.63, 3.8) is 0 Å². The number of aliphatic hydroxyl groups is 1. The van der Waals surface area contributed by atoms with Gasteiger partial charge in [-0.3, -0.25) is 4.79 Å². The van der Waals surface area contributed by atoms with Gasteiger partial charge in [0, 0.05) is 12.6 Å². The molecule has 0 radical (unpaired) electrons. The molecule has 1 heterocycles. The van der Waals surface area contributed by atoms with E-state index in [1.54, 1.807) is 12.1 Å². The zero-order chi connectivity index (χ0) is 17.8. The van der Waals surface area contributed by atoms with Gasteiger partial charge >= 0.3 is 0 Å². The lowest BCUT2D eigenvalue weighted by molar-refractivity contribution is 0.0919. The Morgan fingerprint density at radius 2 is 2.16 bits per heavy atom. The lowest BCUT2D eigenvalue weighted by Gasteiger charge is -2.18. The van der Waals surface area contributed by atoms with Gasteiger partial charge in [-0.15, -0.1) is 0 Å². The average Bonchev–Trinajstić information content (AvgIpc) is 3.40. The Hall–Kier alpha value is -2.34. The van der Waals surface area contributed by atoms with Crippen LogP contribution in [0.15, 0.2) is 28.8 Å². The second-order valence-electron chi connectivity index (χ2n) is 6.52. The summed E-state index contributed by atoms with van der Waals surface area (Å²) in [4.78, 5) is 12.7. The Kier molecular flexibility index (Phi) is 5.38. The van der Waals surface area contributed by atoms with Crippen LogP contribution < -0.4 is 10.1 Å². The minimum atomic E-state index is -0.167. The molecule has 1 aromatic carbocycles. The predicted octanol–water partition coefficient (Wildman–Crippen LogP) is 2.76. The van der Waals surface area contributed by atoms with Gasteiger partial charge in [0.05, 0.1) is 16.8 Å². The van der Waals surface area contributed by atoms with Gasteiger partial charge in [0.2, 0.25) is 0 Å². The van der Waals surface area contributed by atoms with E-state index < -0.39 is 0 Å². The van der Waals surface area contributed by atoms with Crippen molar-refractivity contribution in [1.29, 1.82) is 0 Å². The van der Waals surface area contributed by atoms with E-state index in [4.69, 9.17) is 9.26 Å². The molecule has 3 rings (SSSR count). The van der Waals surface area contributed by atoms with Crippen LogP contribution in [0.5, 0.6) is 5.75 Å². The molecule has 1 aromatic heterocycles. The highest BCUT2D eigenvalue weighted by atomic mass is 16.5. The van der Waals surface area contributed by atoms with Crippen molar-refractivity contribution in [2.24, 2.45) is 5.92 Å². The summed E-state index contributed by atoms with van der Waals surface area (Å²) in [5.41, 5.74) is 2.18. The summed E-state index contributed by atoms with van der Waals surface area (Å²) in [5.74, 6) is 1.56. The summed E-state index contributed by atoms with van der Waals surface area (Å²) in [6.07, 6.45) is 2.79. The third-order valence-electron chi connectivity index (χ3n) is 4.63. The summed E-state index contributed by atoms with van der Waals surface area (Å²) in [7, 11) is 0. The number of carbonyl (C=O) groups is 1. The molecule has 0 bridgehead atoms. The van der Waals surface area contributed by atoms with E-state index in [2.05, 4.69) is 10.5 Å². The Labute approximate surface area is 147 Å². The molecular weight excluding hydrogens is 320 g/mol. The van der Waals surface area contributed by atoms with E-state index in [-0.39, 0.29) is 18.6 Å². The maximum absolute atomic E-state index is 12.7. The molecule has 0 spiro atoms. The molecule has 1 aliphatic carbocycles. The Bertz CT molecular complexity index is 717. The summed E-state index contributed by atoms with van der Waals surface area (Å²) in [5, 5.41) is 16.2. The quantitative estimate of drug-likeness (QED) is 0.769. The monoisotopic (exact) mass is 344 g/mol. The zero-order valence-corrected chi connectivity index (χ0v) is 14.6. The first-order chi connectivity index (χ1) is 12.1. The standard InChI is InChI=1S/C19H24N2O4/c1-12-16(13(2)25-21-12)11-24-18-6-4-3-5-15(18)19(23)20-17(9-10-22)14-7-8-14/h3-6,14,17,22H,7-11H2,1-2H3,(H,20,23). The topological polar surface area (TPSA) is 84.6 Å². The molecule has 1 aliphatic rings. The van der Waals surface area contributed by atoms with Gasteiger partial charge in [-0.1, -0.05) is 17.3 Å². The van der Waals surface area contributed by atoms with Crippen LogP contribution in [0.2, 0.25) is 0 Å². The van der Waals surface area contributed by atoms with Crippen LogP contribution in [0.4, 0.5) is 0 Å². The van der Waals surface area contributed by atoms with Crippen LogP contribution in [-0.2, 0) is 6.61 Å². The maximum atomic E-state index is 12.7. The second kappa shape index (κ2) is 7.70. The molecule has 1 saturated carbocycles. The number of nitrogens with one attached hydrogen (secondary N) is 1. The first-order valence-corrected chi connectivity index (χ1v) is 8.65. The van der Waals surface area contributed by atoms with Crippen molar-refractivity contribution in [3.8, 4) is 5.75 Å². The van der Waals surface area contributed by atoms with Crippen molar-refractivity contribution < 1.29 is 19.2 Å². The van der Waals surface area contributed by atoms with Gasteiger partial charge in [0.25, 0.3) is 5.91 Å². The molecule has 2 aromatic rings. The summed E-state index contributed by atoms with van der Waals surface area (Å²) in [6, 6.07) is 7.21. The number of carbonyl (C=O) groups excluding carboxylic acids is 1. The lowest BCUT2D eigenvalue weighted by atomic mass is 10.1. The van der Waals surface area contributed by atoms with Crippen molar-refractivity contribution in [1.82, 2.24) is 10.5 Å². The van der Waals surface area contributed by atoms with Gasteiger partial charge in [-0.25, -0.2) is 0 Å². The minimum Gasteiger partial charge on any atom is -0.488 e. The fourth-order valence-electron chi connectivity index (χ4n) is 2.95. The number of aromatic nitrogens is 1. The first kappa shape index (κ1) is 17.5. The largest absolute Gasteiger partial charge is 0.488 e. The molecule has 1 fully saturated rings. The van der Waals surface area contributed by atoms with E-state index >= 15 is 0 Å². The van der Waals surface area contributed by atoms with Gasteiger partial charge < -0.3 is 19.7 Å². The van der Waals surface area contributed by atoms with Crippen LogP contribution in [0, 0.1) is 19.8 Å².